The van der Waals surface area contributed by atoms with Crippen LogP contribution in [0.3, 0.4) is 0 Å². The molecule has 3 heterocycles. The first kappa shape index (κ1) is 96.5. The monoisotopic (exact) mass is 1840 g/mol. The molecule has 8 atom stereocenters. The number of imidazole rings is 1. The molecule has 0 radical (unpaired) electrons. The Kier molecular flexibility index (Phi) is 30.4. The molecule has 17 rings (SSSR count). The van der Waals surface area contributed by atoms with E-state index in [0.717, 1.165) is 44.5 Å². The number of nitrogens with zero attached hydrogens (tertiary/aromatic N) is 6. The summed E-state index contributed by atoms with van der Waals surface area (Å²) in [6, 6.07) is 82.1. The Bertz CT molecular complexity index is 5550. The summed E-state index contributed by atoms with van der Waals surface area (Å²) in [5.74, 6) is 0.801. The molecule has 2 aliphatic heterocycles. The molecule has 10 aromatic carbocycles. The van der Waals surface area contributed by atoms with Gasteiger partial charge in [-0.2, -0.15) is 5.26 Å². The molecule has 0 saturated carbocycles. The first-order chi connectivity index (χ1) is 62.6. The van der Waals surface area contributed by atoms with Gasteiger partial charge < -0.3 is 46.8 Å². The number of nitriles is 1. The number of nitro benzene ring substituents is 2. The fraction of sp³-hybridized carbons (Fsp3) is 0.369. The molecule has 11 aromatic rings. The summed E-state index contributed by atoms with van der Waals surface area (Å²) < 4.78 is 88.6. The van der Waals surface area contributed by atoms with Gasteiger partial charge in [-0.05, 0) is 177 Å². The minimum Gasteiger partial charge on any atom is -0.465 e. The Morgan fingerprint density at radius 2 is 0.786 bits per heavy atom. The first-order valence-electron chi connectivity index (χ1n) is 44.6. The van der Waals surface area contributed by atoms with Gasteiger partial charge in [0, 0.05) is 71.9 Å². The summed E-state index contributed by atoms with van der Waals surface area (Å²) in [6.45, 7) is 42.2. The normalized spacial score (nSPS) is 19.0. The van der Waals surface area contributed by atoms with E-state index < -0.39 is 73.7 Å². The highest BCUT2D eigenvalue weighted by Gasteiger charge is 2.53. The van der Waals surface area contributed by atoms with Gasteiger partial charge in [-0.3, -0.25) is 38.8 Å². The lowest BCUT2D eigenvalue weighted by Crippen LogP contribution is -2.48. The Labute approximate surface area is 771 Å². The Balaban J connectivity index is 0.000000162. The quantitative estimate of drug-likeness (QED) is 0.0145. The van der Waals surface area contributed by atoms with Gasteiger partial charge in [0.25, 0.3) is 25.7 Å². The van der Waals surface area contributed by atoms with Gasteiger partial charge in [-0.1, -0.05) is 256 Å². The lowest BCUT2D eigenvalue weighted by Gasteiger charge is -2.40. The molecule has 2 N–H and O–H groups in total. The van der Waals surface area contributed by atoms with E-state index in [1.807, 2.05) is 62.4 Å². The molecule has 4 aliphatic carbocycles. The molecule has 2 fully saturated rings. The minimum atomic E-state index is -4.28. The average Bonchev–Trinajstić information content (AvgIpc) is 1.64. The van der Waals surface area contributed by atoms with Crippen molar-refractivity contribution < 1.29 is 69.9 Å². The number of phosphoric acid groups is 1. The molecular formula is C103H117N7O17P2Si2. The van der Waals surface area contributed by atoms with Crippen molar-refractivity contribution >= 4 is 50.2 Å². The van der Waals surface area contributed by atoms with Gasteiger partial charge in [-0.25, -0.2) is 14.2 Å². The van der Waals surface area contributed by atoms with Crippen molar-refractivity contribution in [2.75, 3.05) is 39.6 Å². The van der Waals surface area contributed by atoms with Gasteiger partial charge in [0.2, 0.25) is 12.6 Å². The minimum absolute atomic E-state index is 0.00473. The fourth-order valence-corrected chi connectivity index (χ4v) is 23.2. The number of hydrogen-bond acceptors (Lipinski definition) is 20. The predicted octanol–water partition coefficient (Wildman–Crippen LogP) is 25.0. The second kappa shape index (κ2) is 41.3. The number of ether oxygens (including phenoxy) is 4. The number of fused-ring (bicyclic) bond motifs is 12. The molecule has 0 amide bonds. The van der Waals surface area contributed by atoms with Crippen LogP contribution in [0.15, 0.2) is 249 Å². The number of aliphatic hydroxyl groups excluding tert-OH is 1. The van der Waals surface area contributed by atoms with Crippen molar-refractivity contribution in [3.8, 4) is 62.1 Å². The van der Waals surface area contributed by atoms with Crippen molar-refractivity contribution in [2.45, 2.75) is 192 Å². The average molecular weight is 1840 g/mol. The van der Waals surface area contributed by atoms with Crippen LogP contribution in [0.4, 0.5) is 17.2 Å². The molecule has 4 unspecified atom stereocenters. The number of non-ortho nitro benzene ring substituents is 2. The molecule has 2 saturated heterocycles. The standard InChI is InChI=1S/C46H50NO9PSi.C34H36NO2P.C18H29NO6Si.C5H2N4/c1-30-44(56-58(5,6)46(2,3)4)43(55-45(30)54-32-25-23-31(24-26-32)47(48)49)29-53-57(50,51-27-41-37-19-11-7-15-33(37)34-16-8-12-20-38(34)41)52-28-42-39-21-13-9-17-35(39)36-18-10-14-22-40(36)42;1-23(2)35(24(3)4)38(36-21-33-29-17-9-5-13-25(29)26-14-6-10-18-30(26)33)37-22-34-31-19-11-7-15-27(31)28-16-8-12-20-32(28)34;1-12-16(25-26(5,6)18(2,3)4)15(11-20)24-17(12)23-14-9-7-13(8-10-14)19(21)22;1-7-5-4(2-6)8-3-9-5/h7-26,30,41-45H,27-29H2,1-6H3;5-20,23-24,33-34H,21-22H2,1-4H3;7-10,12,15-17,20H,11H2,1-6H3;3H,(H,8,9)/t30-,43?,44+,45?;;12-,15?,16+,17?;/m1.1./s1. The number of aliphatic hydroxyl groups is 1. The van der Waals surface area contributed by atoms with Crippen LogP contribution in [0.1, 0.15) is 157 Å². The molecule has 0 bridgehead atoms. The third-order valence-electron chi connectivity index (χ3n) is 26.3. The number of benzene rings is 10. The van der Waals surface area contributed by atoms with E-state index in [4.69, 9.17) is 62.3 Å². The van der Waals surface area contributed by atoms with E-state index in [9.17, 15) is 25.3 Å². The van der Waals surface area contributed by atoms with E-state index in [0.29, 0.717) is 36.8 Å². The summed E-state index contributed by atoms with van der Waals surface area (Å²) in [7, 11) is -9.95. The number of aromatic amines is 1. The van der Waals surface area contributed by atoms with E-state index in [1.54, 1.807) is 30.3 Å². The number of rotatable bonds is 29. The lowest BCUT2D eigenvalue weighted by molar-refractivity contribution is -0.385. The topological polar surface area (TPSA) is 285 Å². The first-order valence-corrected chi connectivity index (χ1v) is 53.0. The molecule has 28 heteroatoms. The number of nitrogens with one attached hydrogen (secondary N) is 1. The maximum absolute atomic E-state index is 15.2. The second-order valence-electron chi connectivity index (χ2n) is 37.4. The van der Waals surface area contributed by atoms with Gasteiger partial charge in [0.15, 0.2) is 28.7 Å². The third kappa shape index (κ3) is 21.4. The fourth-order valence-electron chi connectivity index (χ4n) is 17.5. The van der Waals surface area contributed by atoms with Crippen LogP contribution in [0, 0.1) is 50.0 Å². The van der Waals surface area contributed by atoms with Crippen molar-refractivity contribution in [1.29, 1.82) is 5.26 Å². The van der Waals surface area contributed by atoms with E-state index >= 15 is 4.57 Å². The van der Waals surface area contributed by atoms with E-state index in [1.165, 1.54) is 75.1 Å². The van der Waals surface area contributed by atoms with Gasteiger partial charge >= 0.3 is 7.82 Å². The number of phosphoric ester groups is 1. The molecule has 0 spiro atoms. The summed E-state index contributed by atoms with van der Waals surface area (Å²) in [5, 5.41) is 40.0. The van der Waals surface area contributed by atoms with Gasteiger partial charge in [-0.15, -0.1) is 0 Å². The van der Waals surface area contributed by atoms with Crippen molar-refractivity contribution in [2.24, 2.45) is 11.8 Å². The Morgan fingerprint density at radius 3 is 1.06 bits per heavy atom. The van der Waals surface area contributed by atoms with Crippen LogP contribution in [-0.4, -0.2) is 135 Å². The number of nitro groups is 2. The molecular weight excluding hydrogens is 1730 g/mol. The summed E-state index contributed by atoms with van der Waals surface area (Å²) in [6.07, 6.45) is -1.93. The number of hydrogen-bond donors (Lipinski definition) is 2. The molecule has 131 heavy (non-hydrogen) atoms. The maximum Gasteiger partial charge on any atom is 0.474 e. The van der Waals surface area contributed by atoms with Crippen LogP contribution in [0.5, 0.6) is 11.5 Å². The largest absolute Gasteiger partial charge is 0.474 e. The smallest absolute Gasteiger partial charge is 0.465 e. The SMILES string of the molecule is CC(C)N(C(C)C)P(OCC1c2ccccc2-c2ccccc21)OCC1c2ccccc2-c2ccccc21.C[C@H]1C(Oc2ccc([N+](=O)[O-])cc2)OC(CO)[C@H]1O[Si](C)(C)C(C)(C)C.C[C@H]1C(Oc2ccc([N+](=O)[O-])cc2)OC(COP(=O)(OCC2c3ccccc3-c3ccccc32)OCC2c3ccccc3-c3ccccc32)[C@H]1O[Si](C)(C)C(C)(C)C.[C-]#[N+]c1[nH]cnc1C#N. The highest BCUT2D eigenvalue weighted by atomic mass is 31.2. The summed E-state index contributed by atoms with van der Waals surface area (Å²) in [4.78, 5) is 30.2. The van der Waals surface area contributed by atoms with E-state index in [2.05, 4.69) is 261 Å². The number of aromatic nitrogens is 2. The Hall–Kier alpha value is -10.6. The number of H-pyrrole nitrogens is 1. The zero-order valence-corrected chi connectivity index (χ0v) is 80.8. The third-order valence-corrected chi connectivity index (χ3v) is 38.7. The highest BCUT2D eigenvalue weighted by Crippen LogP contribution is 2.58. The van der Waals surface area contributed by atoms with Crippen LogP contribution >= 0.6 is 16.3 Å². The summed E-state index contributed by atoms with van der Waals surface area (Å²) in [5.41, 5.74) is 19.7. The van der Waals surface area contributed by atoms with E-state index in [-0.39, 0.29) is 101 Å². The highest BCUT2D eigenvalue weighted by molar-refractivity contribution is 7.48. The van der Waals surface area contributed by atoms with Crippen LogP contribution < -0.4 is 9.47 Å². The predicted molar refractivity (Wildman–Crippen MR) is 515 cm³/mol. The molecule has 6 aliphatic rings. The lowest BCUT2D eigenvalue weighted by atomic mass is 9.98. The molecule has 24 nitrogen and oxygen atoms in total. The zero-order chi connectivity index (χ0) is 93.4. The van der Waals surface area contributed by atoms with Crippen LogP contribution in [0.25, 0.3) is 49.4 Å². The zero-order valence-electron chi connectivity index (χ0n) is 77.1. The molecule has 1 aromatic heterocycles. The molecule has 684 valence electrons. The van der Waals surface area contributed by atoms with Crippen LogP contribution in [-0.2, 0) is 45.5 Å². The van der Waals surface area contributed by atoms with Crippen molar-refractivity contribution in [3.05, 3.63) is 331 Å². The van der Waals surface area contributed by atoms with Crippen molar-refractivity contribution in [1.82, 2.24) is 14.6 Å². The second-order valence-corrected chi connectivity index (χ2v) is 50.0. The maximum atomic E-state index is 15.2. The van der Waals surface area contributed by atoms with Gasteiger partial charge in [0.1, 0.15) is 29.8 Å². The van der Waals surface area contributed by atoms with Crippen molar-refractivity contribution in [3.63, 3.8) is 0 Å². The Morgan fingerprint density at radius 1 is 0.496 bits per heavy atom. The summed E-state index contributed by atoms with van der Waals surface area (Å²) >= 11 is 0. The van der Waals surface area contributed by atoms with Gasteiger partial charge in [0.05, 0.1) is 61.7 Å². The van der Waals surface area contributed by atoms with Crippen LogP contribution in [0.2, 0.25) is 36.3 Å².